The molecule has 0 aliphatic heterocycles. The second kappa shape index (κ2) is 4.83. The van der Waals surface area contributed by atoms with Gasteiger partial charge in [0.2, 0.25) is 0 Å². The molecule has 0 amide bonds. The summed E-state index contributed by atoms with van der Waals surface area (Å²) in [7, 11) is 2.83. The zero-order chi connectivity index (χ0) is 10.6. The normalized spacial score (nSPS) is 9.64. The fraction of sp³-hybridized carbons (Fsp3) is 0.222. The van der Waals surface area contributed by atoms with Gasteiger partial charge in [0.15, 0.2) is 5.75 Å². The van der Waals surface area contributed by atoms with Crippen LogP contribution in [0.3, 0.4) is 0 Å². The Labute approximate surface area is 86.3 Å². The number of methoxy groups -OCH3 is 1. The topological polar surface area (TPSA) is 44.8 Å². The molecule has 0 saturated heterocycles. The fourth-order valence-electron chi connectivity index (χ4n) is 0.952. The number of carbonyl (C=O) groups excluding carboxylic acids is 1. The number of hydrogen-bond acceptors (Lipinski definition) is 4. The smallest absolute Gasteiger partial charge is 0.256 e. The van der Waals surface area contributed by atoms with Crippen LogP contribution in [0.2, 0.25) is 0 Å². The van der Waals surface area contributed by atoms with Gasteiger partial charge >= 0.3 is 0 Å². The van der Waals surface area contributed by atoms with E-state index in [1.807, 2.05) is 0 Å². The van der Waals surface area contributed by atoms with Crippen molar-refractivity contribution in [3.05, 3.63) is 23.8 Å². The van der Waals surface area contributed by atoms with Crippen LogP contribution in [0.25, 0.3) is 0 Å². The molecule has 0 saturated carbocycles. The highest BCUT2D eigenvalue weighted by atomic mass is 35.5. The summed E-state index contributed by atoms with van der Waals surface area (Å²) in [6.07, 6.45) is 0. The highest BCUT2D eigenvalue weighted by Gasteiger charge is 2.12. The van der Waals surface area contributed by atoms with Crippen molar-refractivity contribution in [1.29, 1.82) is 0 Å². The van der Waals surface area contributed by atoms with Gasteiger partial charge < -0.3 is 9.62 Å². The number of halogens is 1. The van der Waals surface area contributed by atoms with Crippen LogP contribution < -0.4 is 9.62 Å². The molecule has 1 aromatic rings. The molecule has 0 unspecified atom stereocenters. The summed E-state index contributed by atoms with van der Waals surface area (Å²) < 4.78 is 4.93. The third-order valence-electron chi connectivity index (χ3n) is 1.57. The van der Waals surface area contributed by atoms with E-state index in [1.165, 1.54) is 26.4 Å². The molecule has 4 nitrogen and oxygen atoms in total. The lowest BCUT2D eigenvalue weighted by molar-refractivity contribution is -0.178. The molecule has 0 N–H and O–H groups in total. The van der Waals surface area contributed by atoms with Crippen LogP contribution in [0.15, 0.2) is 18.2 Å². The van der Waals surface area contributed by atoms with Crippen molar-refractivity contribution in [1.82, 2.24) is 0 Å². The minimum Gasteiger partial charge on any atom is -0.497 e. The largest absolute Gasteiger partial charge is 0.497 e. The van der Waals surface area contributed by atoms with Crippen molar-refractivity contribution in [2.24, 2.45) is 0 Å². The van der Waals surface area contributed by atoms with Gasteiger partial charge in [-0.1, -0.05) is 0 Å². The molecule has 0 aliphatic carbocycles. The van der Waals surface area contributed by atoms with E-state index >= 15 is 0 Å². The van der Waals surface area contributed by atoms with Crippen LogP contribution in [0.1, 0.15) is 10.4 Å². The second-order valence-corrected chi connectivity index (χ2v) is 2.73. The minimum absolute atomic E-state index is 0.202. The first-order valence-corrected chi connectivity index (χ1v) is 4.15. The zero-order valence-corrected chi connectivity index (χ0v) is 8.50. The van der Waals surface area contributed by atoms with Crippen molar-refractivity contribution in [2.75, 3.05) is 14.2 Å². The van der Waals surface area contributed by atoms with Crippen molar-refractivity contribution >= 4 is 16.8 Å². The number of rotatable bonds is 4. The van der Waals surface area contributed by atoms with Crippen LogP contribution in [-0.2, 0) is 4.89 Å². The van der Waals surface area contributed by atoms with Crippen LogP contribution in [0.5, 0.6) is 11.5 Å². The fourth-order valence-corrected chi connectivity index (χ4v) is 1.10. The molecular weight excluding hydrogens is 208 g/mol. The lowest BCUT2D eigenvalue weighted by Crippen LogP contribution is -1.99. The average Bonchev–Trinajstić information content (AvgIpc) is 2.18. The number of benzene rings is 1. The predicted octanol–water partition coefficient (Wildman–Crippen LogP) is 2.01. The van der Waals surface area contributed by atoms with Crippen LogP contribution in [-0.4, -0.2) is 19.5 Å². The molecule has 76 valence electrons. The lowest BCUT2D eigenvalue weighted by Gasteiger charge is -2.06. The molecule has 0 radical (unpaired) electrons. The molecule has 0 aromatic heterocycles. The van der Waals surface area contributed by atoms with Gasteiger partial charge in [0, 0.05) is 0 Å². The lowest BCUT2D eigenvalue weighted by atomic mass is 10.2. The first-order valence-electron chi connectivity index (χ1n) is 3.77. The first-order chi connectivity index (χ1) is 6.69. The third kappa shape index (κ3) is 2.37. The summed E-state index contributed by atoms with van der Waals surface area (Å²) in [6, 6.07) is 4.65. The van der Waals surface area contributed by atoms with Gasteiger partial charge in [0.1, 0.15) is 5.75 Å². The molecule has 1 rings (SSSR count). The molecule has 14 heavy (non-hydrogen) atoms. The average molecular weight is 217 g/mol. The van der Waals surface area contributed by atoms with Crippen LogP contribution in [0.4, 0.5) is 0 Å². The first kappa shape index (κ1) is 10.8. The standard InChI is InChI=1S/C9H9ClO4/c1-12-6-3-4-8(14-13-2)7(5-6)9(10)11/h3-5H,1-2H3. The summed E-state index contributed by atoms with van der Waals surface area (Å²) in [6.45, 7) is 0. The Bertz CT molecular complexity index is 338. The number of hydrogen-bond donors (Lipinski definition) is 0. The Morgan fingerprint density at radius 2 is 2.07 bits per heavy atom. The molecule has 0 aliphatic rings. The zero-order valence-electron chi connectivity index (χ0n) is 7.74. The summed E-state index contributed by atoms with van der Waals surface area (Å²) in [4.78, 5) is 20.2. The van der Waals surface area contributed by atoms with E-state index in [1.54, 1.807) is 6.07 Å². The molecule has 0 atom stereocenters. The molecule has 1 aromatic carbocycles. The van der Waals surface area contributed by atoms with Crippen molar-refractivity contribution in [3.63, 3.8) is 0 Å². The highest BCUT2D eigenvalue weighted by molar-refractivity contribution is 6.68. The van der Waals surface area contributed by atoms with Crippen molar-refractivity contribution in [3.8, 4) is 11.5 Å². The monoisotopic (exact) mass is 216 g/mol. The van der Waals surface area contributed by atoms with E-state index in [0.717, 1.165) is 0 Å². The summed E-state index contributed by atoms with van der Waals surface area (Å²) in [5.74, 6) is 0.783. The van der Waals surface area contributed by atoms with Gasteiger partial charge in [-0.3, -0.25) is 4.79 Å². The van der Waals surface area contributed by atoms with E-state index < -0.39 is 5.24 Å². The van der Waals surface area contributed by atoms with Gasteiger partial charge in [-0.05, 0) is 29.8 Å². The van der Waals surface area contributed by atoms with E-state index in [9.17, 15) is 4.79 Å². The van der Waals surface area contributed by atoms with E-state index in [-0.39, 0.29) is 11.3 Å². The quantitative estimate of drug-likeness (QED) is 0.439. The Balaban J connectivity index is 3.10. The molecule has 0 bridgehead atoms. The maximum atomic E-state index is 11.0. The Hall–Kier alpha value is -1.26. The van der Waals surface area contributed by atoms with E-state index in [4.69, 9.17) is 21.2 Å². The van der Waals surface area contributed by atoms with Gasteiger partial charge in [-0.2, -0.15) is 4.89 Å². The number of carbonyl (C=O) groups is 1. The molecule has 0 heterocycles. The maximum Gasteiger partial charge on any atom is 0.256 e. The predicted molar refractivity (Wildman–Crippen MR) is 50.8 cm³/mol. The van der Waals surface area contributed by atoms with Gasteiger partial charge in [0.05, 0.1) is 19.8 Å². The summed E-state index contributed by atoms with van der Waals surface area (Å²) >= 11 is 5.34. The maximum absolute atomic E-state index is 11.0. The molecule has 0 fully saturated rings. The minimum atomic E-state index is -0.629. The Morgan fingerprint density at radius 1 is 1.36 bits per heavy atom. The third-order valence-corrected chi connectivity index (χ3v) is 1.78. The summed E-state index contributed by atoms with van der Waals surface area (Å²) in [5, 5.41) is -0.629. The van der Waals surface area contributed by atoms with Crippen LogP contribution in [0, 0.1) is 0 Å². The van der Waals surface area contributed by atoms with Crippen molar-refractivity contribution < 1.29 is 19.3 Å². The van der Waals surface area contributed by atoms with Gasteiger partial charge in [-0.25, -0.2) is 0 Å². The van der Waals surface area contributed by atoms with Crippen molar-refractivity contribution in [2.45, 2.75) is 0 Å². The summed E-state index contributed by atoms with van der Waals surface area (Å²) in [5.41, 5.74) is 0.202. The molecule has 5 heteroatoms. The SMILES string of the molecule is COOc1ccc(OC)cc1C(=O)Cl. The second-order valence-electron chi connectivity index (χ2n) is 2.39. The highest BCUT2D eigenvalue weighted by Crippen LogP contribution is 2.25. The number of ether oxygens (including phenoxy) is 1. The Kier molecular flexibility index (Phi) is 3.73. The van der Waals surface area contributed by atoms with E-state index in [2.05, 4.69) is 4.89 Å². The molecule has 0 spiro atoms. The van der Waals surface area contributed by atoms with Gasteiger partial charge in [-0.15, -0.1) is 0 Å². The molecular formula is C9H9ClO4. The van der Waals surface area contributed by atoms with E-state index in [0.29, 0.717) is 5.75 Å². The Morgan fingerprint density at radius 3 is 2.57 bits per heavy atom. The van der Waals surface area contributed by atoms with Crippen LogP contribution >= 0.6 is 11.6 Å². The van der Waals surface area contributed by atoms with Gasteiger partial charge in [0.25, 0.3) is 5.24 Å².